The summed E-state index contributed by atoms with van der Waals surface area (Å²) in [5.41, 5.74) is 0. The summed E-state index contributed by atoms with van der Waals surface area (Å²) in [5.74, 6) is 0. The van der Waals surface area contributed by atoms with Gasteiger partial charge in [-0.25, -0.2) is 9.59 Å². The molecule has 0 spiro atoms. The SMILES string of the molecule is CCOC(=O)N[C@H](C)C[C@@H](C)NC(=O)OCC. The molecule has 100 valence electrons. The van der Waals surface area contributed by atoms with E-state index in [0.29, 0.717) is 19.6 Å². The van der Waals surface area contributed by atoms with Gasteiger partial charge in [0, 0.05) is 12.1 Å². The zero-order valence-corrected chi connectivity index (χ0v) is 10.9. The Morgan fingerprint density at radius 2 is 1.29 bits per heavy atom. The zero-order valence-electron chi connectivity index (χ0n) is 10.9. The van der Waals surface area contributed by atoms with Gasteiger partial charge in [0.25, 0.3) is 0 Å². The molecular weight excluding hydrogens is 224 g/mol. The standard InChI is InChI=1S/C11H22N2O4/c1-5-16-10(14)12-8(3)7-9(4)13-11(15)17-6-2/h8-9H,5-7H2,1-4H3,(H,12,14)(H,13,15)/t8-,9-/m1/s1. The first-order chi connectivity index (χ1) is 7.99. The van der Waals surface area contributed by atoms with Crippen LogP contribution in [-0.2, 0) is 9.47 Å². The van der Waals surface area contributed by atoms with Crippen LogP contribution < -0.4 is 10.6 Å². The molecule has 2 atom stereocenters. The number of hydrogen-bond acceptors (Lipinski definition) is 4. The van der Waals surface area contributed by atoms with E-state index in [2.05, 4.69) is 10.6 Å². The fourth-order valence-electron chi connectivity index (χ4n) is 1.40. The van der Waals surface area contributed by atoms with Crippen LogP contribution in [-0.4, -0.2) is 37.5 Å². The van der Waals surface area contributed by atoms with Gasteiger partial charge in [-0.1, -0.05) is 0 Å². The monoisotopic (exact) mass is 246 g/mol. The van der Waals surface area contributed by atoms with Crippen molar-refractivity contribution in [2.75, 3.05) is 13.2 Å². The van der Waals surface area contributed by atoms with Crippen molar-refractivity contribution in [3.05, 3.63) is 0 Å². The van der Waals surface area contributed by atoms with Crippen molar-refractivity contribution >= 4 is 12.2 Å². The summed E-state index contributed by atoms with van der Waals surface area (Å²) in [6.07, 6.45) is -0.274. The number of rotatable bonds is 6. The van der Waals surface area contributed by atoms with E-state index < -0.39 is 12.2 Å². The molecular formula is C11H22N2O4. The van der Waals surface area contributed by atoms with Gasteiger partial charge in [0.15, 0.2) is 0 Å². The van der Waals surface area contributed by atoms with Gasteiger partial charge in [-0.3, -0.25) is 0 Å². The molecule has 6 nitrogen and oxygen atoms in total. The number of ether oxygens (including phenoxy) is 2. The zero-order chi connectivity index (χ0) is 13.3. The highest BCUT2D eigenvalue weighted by Gasteiger charge is 2.13. The average molecular weight is 246 g/mol. The lowest BCUT2D eigenvalue weighted by Gasteiger charge is -2.19. The van der Waals surface area contributed by atoms with E-state index in [0.717, 1.165) is 0 Å². The molecule has 0 aliphatic heterocycles. The Hall–Kier alpha value is -1.46. The number of hydrogen-bond donors (Lipinski definition) is 2. The molecule has 0 heterocycles. The molecule has 0 saturated heterocycles. The number of nitrogens with one attached hydrogen (secondary N) is 2. The first-order valence-corrected chi connectivity index (χ1v) is 5.86. The third kappa shape index (κ3) is 8.36. The van der Waals surface area contributed by atoms with Crippen LogP contribution in [0.5, 0.6) is 0 Å². The molecule has 0 fully saturated rings. The number of amides is 2. The van der Waals surface area contributed by atoms with E-state index in [1.165, 1.54) is 0 Å². The smallest absolute Gasteiger partial charge is 0.407 e. The van der Waals surface area contributed by atoms with Crippen LogP contribution in [0.15, 0.2) is 0 Å². The molecule has 0 aliphatic carbocycles. The maximum absolute atomic E-state index is 11.1. The van der Waals surface area contributed by atoms with Gasteiger partial charge in [-0.15, -0.1) is 0 Å². The molecule has 0 unspecified atom stereocenters. The van der Waals surface area contributed by atoms with Crippen molar-refractivity contribution in [2.24, 2.45) is 0 Å². The summed E-state index contributed by atoms with van der Waals surface area (Å²) in [5, 5.41) is 5.33. The second-order valence-electron chi connectivity index (χ2n) is 3.77. The lowest BCUT2D eigenvalue weighted by Crippen LogP contribution is -2.40. The highest BCUT2D eigenvalue weighted by atomic mass is 16.6. The van der Waals surface area contributed by atoms with E-state index in [1.807, 2.05) is 13.8 Å². The highest BCUT2D eigenvalue weighted by molar-refractivity contribution is 5.68. The molecule has 2 amide bonds. The molecule has 6 heteroatoms. The molecule has 0 aromatic carbocycles. The van der Waals surface area contributed by atoms with E-state index in [1.54, 1.807) is 13.8 Å². The van der Waals surface area contributed by atoms with Gasteiger partial charge in [-0.05, 0) is 34.1 Å². The first-order valence-electron chi connectivity index (χ1n) is 5.86. The van der Waals surface area contributed by atoms with Gasteiger partial charge in [0.05, 0.1) is 13.2 Å². The maximum atomic E-state index is 11.1. The maximum Gasteiger partial charge on any atom is 0.407 e. The molecule has 0 bridgehead atoms. The molecule has 2 N–H and O–H groups in total. The van der Waals surface area contributed by atoms with Gasteiger partial charge in [-0.2, -0.15) is 0 Å². The molecule has 0 radical (unpaired) electrons. The topological polar surface area (TPSA) is 76.7 Å². The predicted molar refractivity (Wildman–Crippen MR) is 63.9 cm³/mol. The van der Waals surface area contributed by atoms with Crippen LogP contribution in [0.3, 0.4) is 0 Å². The Labute approximate surface area is 102 Å². The van der Waals surface area contributed by atoms with Crippen molar-refractivity contribution in [3.63, 3.8) is 0 Å². The molecule has 0 aliphatic rings. The van der Waals surface area contributed by atoms with Gasteiger partial charge in [0.1, 0.15) is 0 Å². The number of carbonyl (C=O) groups is 2. The molecule has 0 aromatic rings. The Morgan fingerprint density at radius 1 is 0.941 bits per heavy atom. The predicted octanol–water partition coefficient (Wildman–Crippen LogP) is 1.65. The molecule has 0 saturated carbocycles. The largest absolute Gasteiger partial charge is 0.450 e. The lowest BCUT2D eigenvalue weighted by molar-refractivity contribution is 0.144. The van der Waals surface area contributed by atoms with Gasteiger partial charge < -0.3 is 20.1 Å². The van der Waals surface area contributed by atoms with Crippen molar-refractivity contribution in [3.8, 4) is 0 Å². The Morgan fingerprint density at radius 3 is 1.59 bits per heavy atom. The summed E-state index contributed by atoms with van der Waals surface area (Å²) in [4.78, 5) is 22.2. The van der Waals surface area contributed by atoms with Gasteiger partial charge in [0.2, 0.25) is 0 Å². The van der Waals surface area contributed by atoms with Crippen LogP contribution in [0, 0.1) is 0 Å². The Bertz CT molecular complexity index is 222. The minimum atomic E-state index is -0.441. The third-order valence-corrected chi connectivity index (χ3v) is 1.99. The minimum Gasteiger partial charge on any atom is -0.450 e. The van der Waals surface area contributed by atoms with E-state index in [-0.39, 0.29) is 12.1 Å². The summed E-state index contributed by atoms with van der Waals surface area (Å²) >= 11 is 0. The number of alkyl carbamates (subject to hydrolysis) is 2. The first kappa shape index (κ1) is 15.5. The molecule has 17 heavy (non-hydrogen) atoms. The summed E-state index contributed by atoms with van der Waals surface area (Å²) < 4.78 is 9.50. The minimum absolute atomic E-state index is 0.0778. The Kier molecular flexibility index (Phi) is 7.92. The van der Waals surface area contributed by atoms with Crippen molar-refractivity contribution in [1.29, 1.82) is 0 Å². The van der Waals surface area contributed by atoms with Crippen LogP contribution >= 0.6 is 0 Å². The van der Waals surface area contributed by atoms with Gasteiger partial charge >= 0.3 is 12.2 Å². The Balaban J connectivity index is 3.82. The van der Waals surface area contributed by atoms with E-state index >= 15 is 0 Å². The molecule has 0 rings (SSSR count). The summed E-state index contributed by atoms with van der Waals surface area (Å²) in [6, 6.07) is -0.156. The third-order valence-electron chi connectivity index (χ3n) is 1.99. The average Bonchev–Trinajstić information content (AvgIpc) is 2.16. The van der Waals surface area contributed by atoms with E-state index in [9.17, 15) is 9.59 Å². The summed E-state index contributed by atoms with van der Waals surface area (Å²) in [7, 11) is 0. The second kappa shape index (κ2) is 8.66. The molecule has 0 aromatic heterocycles. The van der Waals surface area contributed by atoms with Crippen molar-refractivity contribution in [2.45, 2.75) is 46.2 Å². The normalized spacial score (nSPS) is 13.4. The fraction of sp³-hybridized carbons (Fsp3) is 0.818. The summed E-state index contributed by atoms with van der Waals surface area (Å²) in [6.45, 7) is 7.87. The van der Waals surface area contributed by atoms with Crippen LogP contribution in [0.2, 0.25) is 0 Å². The second-order valence-corrected chi connectivity index (χ2v) is 3.77. The quantitative estimate of drug-likeness (QED) is 0.747. The number of carbonyl (C=O) groups excluding carboxylic acids is 2. The fourth-order valence-corrected chi connectivity index (χ4v) is 1.40. The van der Waals surface area contributed by atoms with E-state index in [4.69, 9.17) is 9.47 Å². The lowest BCUT2D eigenvalue weighted by atomic mass is 10.1. The van der Waals surface area contributed by atoms with Crippen LogP contribution in [0.4, 0.5) is 9.59 Å². The van der Waals surface area contributed by atoms with Crippen molar-refractivity contribution < 1.29 is 19.1 Å². The van der Waals surface area contributed by atoms with Crippen molar-refractivity contribution in [1.82, 2.24) is 10.6 Å². The van der Waals surface area contributed by atoms with Crippen LogP contribution in [0.25, 0.3) is 0 Å². The van der Waals surface area contributed by atoms with Crippen LogP contribution in [0.1, 0.15) is 34.1 Å². The highest BCUT2D eigenvalue weighted by Crippen LogP contribution is 1.98.